The fourth-order valence-electron chi connectivity index (χ4n) is 2.88. The van der Waals surface area contributed by atoms with Crippen LogP contribution in [0.5, 0.6) is 0 Å². The Balaban J connectivity index is 1.41. The monoisotopic (exact) mass is 374 g/mol. The zero-order chi connectivity index (χ0) is 19.3. The lowest BCUT2D eigenvalue weighted by Gasteiger charge is -2.03. The van der Waals surface area contributed by atoms with E-state index in [0.717, 1.165) is 16.6 Å². The smallest absolute Gasteiger partial charge is 0.291 e. The maximum Gasteiger partial charge on any atom is 0.291 e. The Morgan fingerprint density at radius 1 is 1.04 bits per heavy atom. The van der Waals surface area contributed by atoms with Crippen LogP contribution in [0, 0.1) is 0 Å². The van der Waals surface area contributed by atoms with Crippen LogP contribution in [0.25, 0.3) is 10.9 Å². The molecule has 28 heavy (non-hydrogen) atoms. The standard InChI is InChI=1S/C21H18N4O3/c26-20(23-10-8-15-4-1-2-9-22-15)18-13-14-12-16(6-7-17(14)25-18)24-21(27)19-5-3-11-28-19/h1-7,9,11-13,25H,8,10H2,(H,23,26)(H,24,27). The number of hydrogen-bond donors (Lipinski definition) is 3. The van der Waals surface area contributed by atoms with Crippen LogP contribution in [0.3, 0.4) is 0 Å². The Hall–Kier alpha value is -3.87. The summed E-state index contributed by atoms with van der Waals surface area (Å²) in [6.45, 7) is 0.496. The highest BCUT2D eigenvalue weighted by Gasteiger charge is 2.12. The molecule has 7 heteroatoms. The lowest BCUT2D eigenvalue weighted by molar-refractivity contribution is 0.0948. The van der Waals surface area contributed by atoms with E-state index in [-0.39, 0.29) is 17.6 Å². The second kappa shape index (κ2) is 7.79. The van der Waals surface area contributed by atoms with Crippen molar-refractivity contribution in [3.63, 3.8) is 0 Å². The molecule has 0 aliphatic rings. The summed E-state index contributed by atoms with van der Waals surface area (Å²) in [4.78, 5) is 31.8. The molecule has 1 aromatic carbocycles. The molecule has 3 N–H and O–H groups in total. The van der Waals surface area contributed by atoms with Gasteiger partial charge in [-0.25, -0.2) is 0 Å². The van der Waals surface area contributed by atoms with Gasteiger partial charge in [0.2, 0.25) is 0 Å². The fraction of sp³-hybridized carbons (Fsp3) is 0.0952. The Morgan fingerprint density at radius 2 is 1.96 bits per heavy atom. The van der Waals surface area contributed by atoms with Crippen LogP contribution in [0.1, 0.15) is 26.7 Å². The van der Waals surface area contributed by atoms with E-state index >= 15 is 0 Å². The zero-order valence-corrected chi connectivity index (χ0v) is 14.9. The number of nitrogens with one attached hydrogen (secondary N) is 3. The Labute approximate surface area is 160 Å². The van der Waals surface area contributed by atoms with Gasteiger partial charge in [0.25, 0.3) is 11.8 Å². The number of amides is 2. The van der Waals surface area contributed by atoms with Gasteiger partial charge in [-0.15, -0.1) is 0 Å². The van der Waals surface area contributed by atoms with Gasteiger partial charge in [-0.2, -0.15) is 0 Å². The summed E-state index contributed by atoms with van der Waals surface area (Å²) in [7, 11) is 0. The summed E-state index contributed by atoms with van der Waals surface area (Å²) in [5.74, 6) is -0.275. The summed E-state index contributed by atoms with van der Waals surface area (Å²) in [6, 6.07) is 16.1. The van der Waals surface area contributed by atoms with E-state index in [2.05, 4.69) is 20.6 Å². The van der Waals surface area contributed by atoms with Crippen molar-refractivity contribution in [3.8, 4) is 0 Å². The predicted molar refractivity (Wildman–Crippen MR) is 105 cm³/mol. The first-order valence-corrected chi connectivity index (χ1v) is 8.85. The first kappa shape index (κ1) is 17.5. The molecule has 0 saturated carbocycles. The molecule has 4 rings (SSSR count). The van der Waals surface area contributed by atoms with E-state index in [0.29, 0.717) is 24.3 Å². The van der Waals surface area contributed by atoms with Crippen LogP contribution in [0.2, 0.25) is 0 Å². The molecule has 0 fully saturated rings. The highest BCUT2D eigenvalue weighted by molar-refractivity contribution is 6.04. The average molecular weight is 374 g/mol. The number of nitrogens with zero attached hydrogens (tertiary/aromatic N) is 1. The number of fused-ring (bicyclic) bond motifs is 1. The minimum Gasteiger partial charge on any atom is -0.459 e. The van der Waals surface area contributed by atoms with Crippen molar-refractivity contribution in [2.45, 2.75) is 6.42 Å². The van der Waals surface area contributed by atoms with Crippen molar-refractivity contribution < 1.29 is 14.0 Å². The maximum atomic E-state index is 12.4. The van der Waals surface area contributed by atoms with Gasteiger partial charge < -0.3 is 20.0 Å². The number of hydrogen-bond acceptors (Lipinski definition) is 4. The normalized spacial score (nSPS) is 10.7. The van der Waals surface area contributed by atoms with Crippen LogP contribution in [-0.4, -0.2) is 28.3 Å². The van der Waals surface area contributed by atoms with E-state index < -0.39 is 0 Å². The molecule has 0 atom stereocenters. The average Bonchev–Trinajstić information content (AvgIpc) is 3.38. The topological polar surface area (TPSA) is 100 Å². The van der Waals surface area contributed by atoms with Gasteiger partial charge in [0.05, 0.1) is 6.26 Å². The molecule has 0 radical (unpaired) electrons. The molecule has 3 aromatic heterocycles. The van der Waals surface area contributed by atoms with Crippen LogP contribution >= 0.6 is 0 Å². The second-order valence-corrected chi connectivity index (χ2v) is 6.24. The number of rotatable bonds is 6. The van der Waals surface area contributed by atoms with Crippen molar-refractivity contribution >= 4 is 28.4 Å². The highest BCUT2D eigenvalue weighted by atomic mass is 16.3. The van der Waals surface area contributed by atoms with Crippen LogP contribution in [-0.2, 0) is 6.42 Å². The number of anilines is 1. The third-order valence-corrected chi connectivity index (χ3v) is 4.26. The number of benzene rings is 1. The van der Waals surface area contributed by atoms with Gasteiger partial charge in [-0.1, -0.05) is 6.07 Å². The van der Waals surface area contributed by atoms with Crippen LogP contribution in [0.15, 0.2) is 71.5 Å². The summed E-state index contributed by atoms with van der Waals surface area (Å²) in [5, 5.41) is 6.48. The minimum atomic E-state index is -0.327. The van der Waals surface area contributed by atoms with Gasteiger partial charge in [0, 0.05) is 41.4 Å². The highest BCUT2D eigenvalue weighted by Crippen LogP contribution is 2.21. The van der Waals surface area contributed by atoms with Crippen LogP contribution in [0.4, 0.5) is 5.69 Å². The van der Waals surface area contributed by atoms with Crippen molar-refractivity contribution in [1.82, 2.24) is 15.3 Å². The summed E-state index contributed by atoms with van der Waals surface area (Å²) in [6.07, 6.45) is 3.84. The largest absolute Gasteiger partial charge is 0.459 e. The molecule has 0 aliphatic heterocycles. The van der Waals surface area contributed by atoms with Crippen molar-refractivity contribution in [2.24, 2.45) is 0 Å². The number of pyridine rings is 1. The van der Waals surface area contributed by atoms with Crippen molar-refractivity contribution in [2.75, 3.05) is 11.9 Å². The lowest BCUT2D eigenvalue weighted by atomic mass is 10.2. The van der Waals surface area contributed by atoms with E-state index in [1.54, 1.807) is 36.5 Å². The molecule has 4 aromatic rings. The van der Waals surface area contributed by atoms with E-state index in [1.165, 1.54) is 6.26 Å². The van der Waals surface area contributed by atoms with Gasteiger partial charge in [-0.3, -0.25) is 14.6 Å². The molecule has 3 heterocycles. The van der Waals surface area contributed by atoms with E-state index in [4.69, 9.17) is 4.42 Å². The summed E-state index contributed by atoms with van der Waals surface area (Å²) in [5.41, 5.74) is 2.82. The first-order valence-electron chi connectivity index (χ1n) is 8.85. The lowest BCUT2D eigenvalue weighted by Crippen LogP contribution is -2.26. The molecule has 0 aliphatic carbocycles. The number of carbonyl (C=O) groups excluding carboxylic acids is 2. The third-order valence-electron chi connectivity index (χ3n) is 4.26. The van der Waals surface area contributed by atoms with Gasteiger partial charge in [0.1, 0.15) is 5.69 Å². The summed E-state index contributed by atoms with van der Waals surface area (Å²) >= 11 is 0. The minimum absolute atomic E-state index is 0.187. The Kier molecular flexibility index (Phi) is 4.88. The van der Waals surface area contributed by atoms with Gasteiger partial charge in [-0.05, 0) is 48.5 Å². The molecule has 2 amide bonds. The third kappa shape index (κ3) is 3.93. The maximum absolute atomic E-state index is 12.4. The number of aromatic nitrogens is 2. The summed E-state index contributed by atoms with van der Waals surface area (Å²) < 4.78 is 5.08. The molecule has 0 bridgehead atoms. The molecule has 0 saturated heterocycles. The van der Waals surface area contributed by atoms with E-state index in [9.17, 15) is 9.59 Å². The quantitative estimate of drug-likeness (QED) is 0.482. The Morgan fingerprint density at radius 3 is 2.75 bits per heavy atom. The SMILES string of the molecule is O=C(NCCc1ccccn1)c1cc2cc(NC(=O)c3ccco3)ccc2[nH]1. The second-order valence-electron chi connectivity index (χ2n) is 6.24. The van der Waals surface area contributed by atoms with Gasteiger partial charge in [0.15, 0.2) is 5.76 Å². The number of H-pyrrole nitrogens is 1. The van der Waals surface area contributed by atoms with Crippen molar-refractivity contribution in [1.29, 1.82) is 0 Å². The number of carbonyl (C=O) groups is 2. The number of furan rings is 1. The molecular formula is C21H18N4O3. The Bertz CT molecular complexity index is 1100. The predicted octanol–water partition coefficient (Wildman–Crippen LogP) is 3.38. The molecule has 0 spiro atoms. The van der Waals surface area contributed by atoms with Crippen LogP contribution < -0.4 is 10.6 Å². The molecule has 0 unspecified atom stereocenters. The van der Waals surface area contributed by atoms with E-state index in [1.807, 2.05) is 24.3 Å². The molecular weight excluding hydrogens is 356 g/mol. The van der Waals surface area contributed by atoms with Gasteiger partial charge >= 0.3 is 0 Å². The first-order chi connectivity index (χ1) is 13.7. The fourth-order valence-corrected chi connectivity index (χ4v) is 2.88. The van der Waals surface area contributed by atoms with Crippen molar-refractivity contribution in [3.05, 3.63) is 84.2 Å². The molecule has 7 nitrogen and oxygen atoms in total. The zero-order valence-electron chi connectivity index (χ0n) is 14.9. The molecule has 140 valence electrons. The number of aromatic amines is 1.